The molecule has 5 nitrogen and oxygen atoms in total. The summed E-state index contributed by atoms with van der Waals surface area (Å²) in [5.74, 6) is -1.47. The molecule has 0 bridgehead atoms. The van der Waals surface area contributed by atoms with Crippen molar-refractivity contribution in [3.63, 3.8) is 0 Å². The number of β-amino-alcohol motifs (C(OH)–C–C–N with tert-alkyl or cyclic N) is 1. The van der Waals surface area contributed by atoms with Crippen LogP contribution in [0.4, 0.5) is 8.78 Å². The van der Waals surface area contributed by atoms with Gasteiger partial charge in [0.25, 0.3) is 5.91 Å². The highest BCUT2D eigenvalue weighted by molar-refractivity contribution is 14.1. The Morgan fingerprint density at radius 2 is 2.11 bits per heavy atom. The van der Waals surface area contributed by atoms with Crippen molar-refractivity contribution >= 4 is 28.5 Å². The van der Waals surface area contributed by atoms with Gasteiger partial charge in [-0.3, -0.25) is 9.78 Å². The first-order valence-corrected chi connectivity index (χ1v) is 10.3. The predicted molar refractivity (Wildman–Crippen MR) is 108 cm³/mol. The third-order valence-corrected chi connectivity index (χ3v) is 6.21. The number of rotatable bonds is 4. The number of hydrogen-bond acceptors (Lipinski definition) is 4. The molecule has 1 amide bonds. The fourth-order valence-electron chi connectivity index (χ4n) is 3.97. The minimum absolute atomic E-state index is 0.0254. The van der Waals surface area contributed by atoms with Gasteiger partial charge in [0.05, 0.1) is 24.8 Å². The van der Waals surface area contributed by atoms with E-state index in [0.717, 1.165) is 29.2 Å². The first-order chi connectivity index (χ1) is 13.4. The number of pyridine rings is 1. The Bertz CT molecular complexity index is 912. The molecule has 1 aromatic carbocycles. The van der Waals surface area contributed by atoms with Crippen LogP contribution < -0.4 is 5.32 Å². The molecule has 2 aromatic rings. The first-order valence-electron chi connectivity index (χ1n) is 9.19. The van der Waals surface area contributed by atoms with E-state index in [1.807, 2.05) is 22.6 Å². The van der Waals surface area contributed by atoms with Gasteiger partial charge in [-0.2, -0.15) is 0 Å². The number of carbonyl (C=O) groups is 1. The maximum Gasteiger partial charge on any atom is 0.256 e. The summed E-state index contributed by atoms with van der Waals surface area (Å²) in [6, 6.07) is 4.69. The molecule has 2 fully saturated rings. The number of likely N-dealkylation sites (tertiary alicyclic amines) is 1. The van der Waals surface area contributed by atoms with Crippen molar-refractivity contribution in [3.8, 4) is 0 Å². The van der Waals surface area contributed by atoms with E-state index in [4.69, 9.17) is 0 Å². The van der Waals surface area contributed by atoms with Crippen LogP contribution in [-0.2, 0) is 6.42 Å². The zero-order chi connectivity index (χ0) is 19.9. The second kappa shape index (κ2) is 7.64. The number of hydrogen-bond donors (Lipinski definition) is 2. The Balaban J connectivity index is 1.55. The highest BCUT2D eigenvalue weighted by Gasteiger charge is 2.50. The molecular weight excluding hydrogens is 479 g/mol. The smallest absolute Gasteiger partial charge is 0.256 e. The summed E-state index contributed by atoms with van der Waals surface area (Å²) in [6.45, 7) is 1.25. The monoisotopic (exact) mass is 499 g/mol. The van der Waals surface area contributed by atoms with E-state index in [1.54, 1.807) is 12.1 Å². The predicted octanol–water partition coefficient (Wildman–Crippen LogP) is 2.49. The molecule has 4 rings (SSSR count). The van der Waals surface area contributed by atoms with Crippen LogP contribution in [0.3, 0.4) is 0 Å². The van der Waals surface area contributed by atoms with Crippen LogP contribution in [0.2, 0.25) is 0 Å². The van der Waals surface area contributed by atoms with Crippen molar-refractivity contribution in [2.45, 2.75) is 30.9 Å². The van der Waals surface area contributed by atoms with Crippen molar-refractivity contribution in [3.05, 3.63) is 62.5 Å². The molecule has 0 aliphatic carbocycles. The minimum atomic E-state index is -0.949. The minimum Gasteiger partial charge on any atom is -0.385 e. The normalized spacial score (nSPS) is 20.9. The van der Waals surface area contributed by atoms with E-state index < -0.39 is 23.1 Å². The number of benzene rings is 1. The van der Waals surface area contributed by atoms with Gasteiger partial charge in [-0.15, -0.1) is 0 Å². The van der Waals surface area contributed by atoms with Crippen molar-refractivity contribution in [2.24, 2.45) is 0 Å². The standard InChI is InChI=1S/C20H20F2IN3O2/c21-16-7-13(23)4-3-12(16)6-14-15(8-24-9-17(14)22)19(27)26-10-20(28,11-26)18-2-1-5-25-18/h3-4,7-9,18,25,28H,1-2,5-6,10-11H2/t18-/m0/s1. The molecule has 3 heterocycles. The first kappa shape index (κ1) is 19.7. The second-order valence-electron chi connectivity index (χ2n) is 7.47. The van der Waals surface area contributed by atoms with Crippen molar-refractivity contribution in [2.75, 3.05) is 19.6 Å². The van der Waals surface area contributed by atoms with E-state index in [2.05, 4.69) is 10.3 Å². The van der Waals surface area contributed by atoms with Crippen LogP contribution in [0.15, 0.2) is 30.6 Å². The summed E-state index contributed by atoms with van der Waals surface area (Å²) in [5, 5.41) is 14.0. The summed E-state index contributed by atoms with van der Waals surface area (Å²) in [5.41, 5.74) is -0.404. The molecule has 1 aromatic heterocycles. The summed E-state index contributed by atoms with van der Waals surface area (Å²) >= 11 is 2.00. The fourth-order valence-corrected chi connectivity index (χ4v) is 4.43. The summed E-state index contributed by atoms with van der Waals surface area (Å²) in [7, 11) is 0. The third-order valence-electron chi connectivity index (χ3n) is 5.54. The zero-order valence-corrected chi connectivity index (χ0v) is 17.2. The van der Waals surface area contributed by atoms with Crippen LogP contribution in [0.1, 0.15) is 34.3 Å². The molecule has 28 heavy (non-hydrogen) atoms. The number of nitrogens with one attached hydrogen (secondary N) is 1. The van der Waals surface area contributed by atoms with E-state index in [0.29, 0.717) is 5.56 Å². The molecule has 0 saturated carbocycles. The summed E-state index contributed by atoms with van der Waals surface area (Å²) in [6.07, 6.45) is 4.18. The molecule has 2 N–H and O–H groups in total. The molecular formula is C20H20F2IN3O2. The maximum atomic E-state index is 14.5. The van der Waals surface area contributed by atoms with E-state index >= 15 is 0 Å². The number of halogens is 3. The lowest BCUT2D eigenvalue weighted by Gasteiger charge is -2.49. The zero-order valence-electron chi connectivity index (χ0n) is 15.1. The van der Waals surface area contributed by atoms with Crippen molar-refractivity contribution in [1.82, 2.24) is 15.2 Å². The van der Waals surface area contributed by atoms with Crippen LogP contribution >= 0.6 is 22.6 Å². The Hall–Kier alpha value is -1.65. The van der Waals surface area contributed by atoms with Gasteiger partial charge in [0.2, 0.25) is 0 Å². The van der Waals surface area contributed by atoms with Crippen LogP contribution in [0.25, 0.3) is 0 Å². The Kier molecular flexibility index (Phi) is 5.36. The van der Waals surface area contributed by atoms with Crippen molar-refractivity contribution < 1.29 is 18.7 Å². The van der Waals surface area contributed by atoms with Gasteiger partial charge < -0.3 is 15.3 Å². The van der Waals surface area contributed by atoms with Gasteiger partial charge in [0.1, 0.15) is 17.2 Å². The SMILES string of the molecule is O=C(c1cncc(F)c1Cc1ccc(I)cc1F)N1CC(O)([C@@H]2CCCN2)C1. The average Bonchev–Trinajstić information content (AvgIpc) is 3.17. The molecule has 8 heteroatoms. The Morgan fingerprint density at radius 1 is 1.32 bits per heavy atom. The van der Waals surface area contributed by atoms with Gasteiger partial charge in [-0.25, -0.2) is 8.78 Å². The van der Waals surface area contributed by atoms with E-state index in [-0.39, 0.29) is 36.7 Å². The largest absolute Gasteiger partial charge is 0.385 e. The number of aliphatic hydroxyl groups is 1. The van der Waals surface area contributed by atoms with Gasteiger partial charge in [0.15, 0.2) is 0 Å². The highest BCUT2D eigenvalue weighted by Crippen LogP contribution is 2.31. The number of carbonyl (C=O) groups excluding carboxylic acids is 1. The molecule has 2 saturated heterocycles. The van der Waals surface area contributed by atoms with Crippen LogP contribution in [0, 0.1) is 15.2 Å². The Morgan fingerprint density at radius 3 is 2.79 bits per heavy atom. The maximum absolute atomic E-state index is 14.5. The van der Waals surface area contributed by atoms with Gasteiger partial charge in [-0.05, 0) is 59.7 Å². The molecule has 0 spiro atoms. The summed E-state index contributed by atoms with van der Waals surface area (Å²) in [4.78, 5) is 18.2. The van der Waals surface area contributed by atoms with Gasteiger partial charge >= 0.3 is 0 Å². The fraction of sp³-hybridized carbons (Fsp3) is 0.400. The molecule has 0 unspecified atom stereocenters. The lowest BCUT2D eigenvalue weighted by molar-refractivity contribution is -0.100. The highest BCUT2D eigenvalue weighted by atomic mass is 127. The molecule has 1 atom stereocenters. The molecule has 2 aliphatic heterocycles. The van der Waals surface area contributed by atoms with E-state index in [1.165, 1.54) is 17.2 Å². The van der Waals surface area contributed by atoms with Gasteiger partial charge in [-0.1, -0.05) is 6.07 Å². The van der Waals surface area contributed by atoms with Gasteiger partial charge in [0, 0.05) is 27.8 Å². The van der Waals surface area contributed by atoms with Crippen LogP contribution in [0.5, 0.6) is 0 Å². The Labute approximate surface area is 175 Å². The quantitative estimate of drug-likeness (QED) is 0.635. The van der Waals surface area contributed by atoms with E-state index in [9.17, 15) is 18.7 Å². The second-order valence-corrected chi connectivity index (χ2v) is 8.72. The molecule has 2 aliphatic rings. The molecule has 148 valence electrons. The lowest BCUT2D eigenvalue weighted by Crippen LogP contribution is -2.70. The topological polar surface area (TPSA) is 65.5 Å². The summed E-state index contributed by atoms with van der Waals surface area (Å²) < 4.78 is 29.4. The average molecular weight is 499 g/mol. The van der Waals surface area contributed by atoms with Crippen LogP contribution in [-0.4, -0.2) is 52.2 Å². The molecule has 0 radical (unpaired) electrons. The number of aromatic nitrogens is 1. The number of amides is 1. The van der Waals surface area contributed by atoms with Crippen molar-refractivity contribution in [1.29, 1.82) is 0 Å². The number of nitrogens with zero attached hydrogens (tertiary/aromatic N) is 2. The lowest BCUT2D eigenvalue weighted by atomic mass is 9.84. The third kappa shape index (κ3) is 3.65.